The topological polar surface area (TPSA) is 28.5 Å². The Morgan fingerprint density at radius 3 is 1.34 bits per heavy atom. The Labute approximate surface area is 345 Å². The van der Waals surface area contributed by atoms with Crippen LogP contribution in [0.1, 0.15) is 49.9 Å². The Hall–Kier alpha value is -6.61. The van der Waals surface area contributed by atoms with Crippen LogP contribution in [0.15, 0.2) is 182 Å². The van der Waals surface area contributed by atoms with Crippen LogP contribution < -0.4 is 14.6 Å². The summed E-state index contributed by atoms with van der Waals surface area (Å²) in [6.45, 7) is 9.43. The number of para-hydroxylation sites is 2. The van der Waals surface area contributed by atoms with E-state index < -0.39 is 7.44 Å². The van der Waals surface area contributed by atoms with Crippen LogP contribution in [-0.2, 0) is 15.4 Å². The fraction of sp³-hybridized carbons (Fsp3) is 0.111. The first-order chi connectivity index (χ1) is 28.7. The molecule has 8 aromatic carbocycles. The zero-order valence-electron chi connectivity index (χ0n) is 33.5. The smallest absolute Gasteiger partial charge is 0.301 e. The third-order valence-corrected chi connectivity index (χ3v) is 16.4. The van der Waals surface area contributed by atoms with Crippen molar-refractivity contribution in [3.63, 3.8) is 0 Å². The van der Waals surface area contributed by atoms with Gasteiger partial charge in [-0.05, 0) is 123 Å². The molecule has 0 saturated heterocycles. The lowest BCUT2D eigenvalue weighted by atomic mass is 9.82. The van der Waals surface area contributed by atoms with Crippen LogP contribution in [0.2, 0.25) is 0 Å². The molecule has 0 radical (unpaired) electrons. The molecule has 284 valence electrons. The van der Waals surface area contributed by atoms with Gasteiger partial charge < -0.3 is 4.57 Å². The first-order valence-corrected chi connectivity index (χ1v) is 22.2. The number of anilines is 4. The summed E-state index contributed by atoms with van der Waals surface area (Å²) >= 11 is 0. The number of hydrogen-bond donors (Lipinski definition) is 0. The molecule has 1 atom stereocenters. The molecule has 1 aliphatic heterocycles. The number of benzene rings is 8. The monoisotopic (exact) mass is 779 g/mol. The first kappa shape index (κ1) is 34.4. The second-order valence-electron chi connectivity index (χ2n) is 17.4. The Bertz CT molecular complexity index is 3140. The molecule has 5 heteroatoms. The lowest BCUT2D eigenvalue weighted by Crippen LogP contribution is -2.26. The van der Waals surface area contributed by atoms with E-state index in [2.05, 4.69) is 157 Å². The van der Waals surface area contributed by atoms with Crippen molar-refractivity contribution in [2.45, 2.75) is 38.5 Å². The van der Waals surface area contributed by atoms with E-state index in [0.29, 0.717) is 0 Å². The molecule has 0 saturated carbocycles. The van der Waals surface area contributed by atoms with Gasteiger partial charge in [-0.1, -0.05) is 131 Å². The quantitative estimate of drug-likeness (QED) is 0.167. The summed E-state index contributed by atoms with van der Waals surface area (Å²) in [7, 11) is -3.53. The molecule has 2 aliphatic carbocycles. The second kappa shape index (κ2) is 12.0. The van der Waals surface area contributed by atoms with E-state index in [1.807, 2.05) is 66.7 Å². The maximum Gasteiger partial charge on any atom is 0.301 e. The third kappa shape index (κ3) is 4.53. The molecule has 4 nitrogen and oxygen atoms in total. The number of hydrogen-bond acceptors (Lipinski definition) is 1. The predicted octanol–water partition coefficient (Wildman–Crippen LogP) is 14.2. The fourth-order valence-electron chi connectivity index (χ4n) is 10.6. The number of rotatable bonds is 4. The van der Waals surface area contributed by atoms with Crippen molar-refractivity contribution in [1.29, 1.82) is 0 Å². The Kier molecular flexibility index (Phi) is 6.99. The zero-order chi connectivity index (χ0) is 39.8. The summed E-state index contributed by atoms with van der Waals surface area (Å²) in [5.41, 5.74) is 17.3. The molecular formula is C54H42N3OP. The normalized spacial score (nSPS) is 17.8. The Balaban J connectivity index is 1.18. The largest absolute Gasteiger partial charge is 0.309 e. The minimum absolute atomic E-state index is 0.162. The molecule has 0 N–H and O–H groups in total. The van der Waals surface area contributed by atoms with E-state index >= 15 is 4.57 Å². The fourth-order valence-corrected chi connectivity index (χ4v) is 13.7. The van der Waals surface area contributed by atoms with Gasteiger partial charge in [0, 0.05) is 38.7 Å². The molecule has 12 rings (SSSR count). The predicted molar refractivity (Wildman–Crippen MR) is 247 cm³/mol. The van der Waals surface area contributed by atoms with Crippen molar-refractivity contribution >= 4 is 57.3 Å². The first-order valence-electron chi connectivity index (χ1n) is 20.6. The van der Waals surface area contributed by atoms with Crippen molar-refractivity contribution < 1.29 is 4.57 Å². The summed E-state index contributed by atoms with van der Waals surface area (Å²) in [6.07, 6.45) is 0. The molecule has 0 bridgehead atoms. The summed E-state index contributed by atoms with van der Waals surface area (Å²) in [4.78, 5) is 0. The summed E-state index contributed by atoms with van der Waals surface area (Å²) in [5, 5.41) is 3.24. The third-order valence-electron chi connectivity index (χ3n) is 13.5. The van der Waals surface area contributed by atoms with Gasteiger partial charge in [-0.25, -0.2) is 0 Å². The van der Waals surface area contributed by atoms with Crippen LogP contribution in [0.5, 0.6) is 0 Å². The van der Waals surface area contributed by atoms with Crippen molar-refractivity contribution in [1.82, 2.24) is 4.57 Å². The summed E-state index contributed by atoms with van der Waals surface area (Å²) in [6, 6.07) is 64.8. The van der Waals surface area contributed by atoms with Crippen molar-refractivity contribution in [2.75, 3.05) is 9.34 Å². The number of nitrogens with zero attached hydrogens (tertiary/aromatic N) is 3. The van der Waals surface area contributed by atoms with Gasteiger partial charge in [0.2, 0.25) is 0 Å². The lowest BCUT2D eigenvalue weighted by Gasteiger charge is -2.33. The van der Waals surface area contributed by atoms with Crippen LogP contribution in [0.3, 0.4) is 0 Å². The SMILES string of the molecule is CC1(C)c2ccccc2-c2cc3c4cc5c(cc4n(-c4ccc6c(c4)N(c4ccccc4)P(=O)(c4ccccc4)N6c4ccccc4)c3cc21)C(C)(C)c1ccccc1-5. The van der Waals surface area contributed by atoms with Crippen LogP contribution in [0.25, 0.3) is 49.7 Å². The Morgan fingerprint density at radius 2 is 0.831 bits per heavy atom. The minimum atomic E-state index is -3.53. The van der Waals surface area contributed by atoms with Gasteiger partial charge in [-0.3, -0.25) is 13.9 Å². The van der Waals surface area contributed by atoms with Crippen LogP contribution in [0, 0.1) is 0 Å². The van der Waals surface area contributed by atoms with Gasteiger partial charge in [-0.2, -0.15) is 0 Å². The second-order valence-corrected chi connectivity index (χ2v) is 19.8. The molecule has 0 spiro atoms. The molecule has 59 heavy (non-hydrogen) atoms. The lowest BCUT2D eigenvalue weighted by molar-refractivity contribution is 0.582. The molecule has 0 amide bonds. The molecule has 9 aromatic rings. The highest BCUT2D eigenvalue weighted by atomic mass is 31.2. The van der Waals surface area contributed by atoms with E-state index in [4.69, 9.17) is 0 Å². The van der Waals surface area contributed by atoms with Gasteiger partial charge in [0.1, 0.15) is 0 Å². The maximum absolute atomic E-state index is 16.4. The van der Waals surface area contributed by atoms with Crippen LogP contribution in [0.4, 0.5) is 22.7 Å². The molecular weight excluding hydrogens is 738 g/mol. The standard InChI is InChI=1S/C54H42N3OP/c1-53(2)45-26-16-14-24-39(45)41-31-43-44-32-42-40-25-15-17-27-46(40)54(3,4)48(42)34-51(44)55(50(43)33-47(41)53)37-28-29-49-52(30-37)57(36-20-10-6-11-21-36)59(58,38-22-12-7-13-23-38)56(49)35-18-8-5-9-19-35/h5-34H,1-4H3. The Morgan fingerprint density at radius 1 is 0.390 bits per heavy atom. The van der Waals surface area contributed by atoms with E-state index in [1.165, 1.54) is 66.3 Å². The summed E-state index contributed by atoms with van der Waals surface area (Å²) in [5.74, 6) is 0. The average Bonchev–Trinajstić information content (AvgIpc) is 3.89. The molecule has 0 fully saturated rings. The highest BCUT2D eigenvalue weighted by molar-refractivity contribution is 7.76. The van der Waals surface area contributed by atoms with E-state index in [9.17, 15) is 0 Å². The van der Waals surface area contributed by atoms with Gasteiger partial charge >= 0.3 is 7.44 Å². The van der Waals surface area contributed by atoms with Gasteiger partial charge in [0.15, 0.2) is 0 Å². The minimum Gasteiger partial charge on any atom is -0.309 e. The number of aromatic nitrogens is 1. The molecule has 3 aliphatic rings. The average molecular weight is 780 g/mol. The molecule has 1 unspecified atom stereocenters. The number of fused-ring (bicyclic) bond motifs is 10. The van der Waals surface area contributed by atoms with E-state index in [0.717, 1.165) is 33.7 Å². The maximum atomic E-state index is 16.4. The van der Waals surface area contributed by atoms with Crippen LogP contribution in [-0.4, -0.2) is 4.57 Å². The van der Waals surface area contributed by atoms with Gasteiger partial charge in [0.25, 0.3) is 0 Å². The highest BCUT2D eigenvalue weighted by Gasteiger charge is 2.49. The highest BCUT2D eigenvalue weighted by Crippen LogP contribution is 2.70. The molecule has 1 aromatic heterocycles. The van der Waals surface area contributed by atoms with E-state index in [1.54, 1.807) is 0 Å². The van der Waals surface area contributed by atoms with Crippen molar-refractivity contribution in [3.05, 3.63) is 204 Å². The zero-order valence-corrected chi connectivity index (χ0v) is 34.4. The van der Waals surface area contributed by atoms with Crippen LogP contribution >= 0.6 is 7.44 Å². The van der Waals surface area contributed by atoms with Gasteiger partial charge in [-0.15, -0.1) is 0 Å². The summed E-state index contributed by atoms with van der Waals surface area (Å²) < 4.78 is 23.1. The van der Waals surface area contributed by atoms with Gasteiger partial charge in [0.05, 0.1) is 27.7 Å². The van der Waals surface area contributed by atoms with Crippen molar-refractivity contribution in [3.8, 4) is 27.9 Å². The van der Waals surface area contributed by atoms with Crippen molar-refractivity contribution in [2.24, 2.45) is 0 Å². The molecule has 2 heterocycles. The van der Waals surface area contributed by atoms with E-state index in [-0.39, 0.29) is 10.8 Å².